The Hall–Kier alpha value is -0.790. The van der Waals surface area contributed by atoms with Crippen molar-refractivity contribution in [3.05, 3.63) is 12.2 Å². The molecule has 0 atom stereocenters. The second kappa shape index (κ2) is 11.7. The summed E-state index contributed by atoms with van der Waals surface area (Å²) >= 11 is 0. The minimum Gasteiger partial charge on any atom is -0.456 e. The van der Waals surface area contributed by atoms with Gasteiger partial charge in [-0.1, -0.05) is 71.8 Å². The Morgan fingerprint density at radius 2 is 1.50 bits per heavy atom. The van der Waals surface area contributed by atoms with Crippen molar-refractivity contribution >= 4 is 5.97 Å². The molecule has 1 rings (SSSR count). The molecule has 24 heavy (non-hydrogen) atoms. The molecule has 0 aromatic carbocycles. The molecule has 0 spiro atoms. The zero-order chi connectivity index (χ0) is 17.8. The first kappa shape index (κ1) is 21.3. The van der Waals surface area contributed by atoms with Gasteiger partial charge in [-0.05, 0) is 51.4 Å². The Morgan fingerprint density at radius 1 is 0.958 bits per heavy atom. The summed E-state index contributed by atoms with van der Waals surface area (Å²) in [7, 11) is 0. The first-order valence-electron chi connectivity index (χ1n) is 10.3. The lowest BCUT2D eigenvalue weighted by Crippen LogP contribution is -2.36. The van der Waals surface area contributed by atoms with Gasteiger partial charge in [-0.25, -0.2) is 4.79 Å². The molecular weight excluding hydrogens is 296 g/mol. The number of ether oxygens (including phenoxy) is 1. The Labute approximate surface area is 150 Å². The van der Waals surface area contributed by atoms with Crippen LogP contribution in [0.25, 0.3) is 0 Å². The monoisotopic (exact) mass is 336 g/mol. The second-order valence-corrected chi connectivity index (χ2v) is 8.32. The minimum atomic E-state index is -0.231. The number of rotatable bonds is 8. The first-order chi connectivity index (χ1) is 11.5. The smallest absolute Gasteiger partial charge is 0.333 e. The number of hydrogen-bond donors (Lipinski definition) is 0. The fourth-order valence-corrected chi connectivity index (χ4v) is 3.77. The van der Waals surface area contributed by atoms with E-state index in [9.17, 15) is 4.79 Å². The molecule has 0 amide bonds. The topological polar surface area (TPSA) is 26.3 Å². The standard InChI is InChI=1S/C22H40O2/c1-19(2)15-11-10-14-18-22(24-21(23)20(3)4)16-12-8-6-5-7-9-13-17-22/h19H,3,5-18H2,1-2,4H3. The van der Waals surface area contributed by atoms with Crippen molar-refractivity contribution in [2.45, 2.75) is 116 Å². The van der Waals surface area contributed by atoms with Crippen LogP contribution in [-0.4, -0.2) is 11.6 Å². The van der Waals surface area contributed by atoms with Crippen LogP contribution in [0.15, 0.2) is 12.2 Å². The highest BCUT2D eigenvalue weighted by molar-refractivity contribution is 5.87. The van der Waals surface area contributed by atoms with Crippen LogP contribution in [0.2, 0.25) is 0 Å². The van der Waals surface area contributed by atoms with Gasteiger partial charge in [0.25, 0.3) is 0 Å². The zero-order valence-corrected chi connectivity index (χ0v) is 16.5. The van der Waals surface area contributed by atoms with E-state index in [2.05, 4.69) is 20.4 Å². The first-order valence-corrected chi connectivity index (χ1v) is 10.3. The van der Waals surface area contributed by atoms with Gasteiger partial charge < -0.3 is 4.74 Å². The molecule has 1 aliphatic carbocycles. The third-order valence-electron chi connectivity index (χ3n) is 5.34. The summed E-state index contributed by atoms with van der Waals surface area (Å²) in [6.07, 6.45) is 17.1. The van der Waals surface area contributed by atoms with Gasteiger partial charge in [0.05, 0.1) is 0 Å². The van der Waals surface area contributed by atoms with E-state index in [1.807, 2.05) is 0 Å². The number of unbranched alkanes of at least 4 members (excludes halogenated alkanes) is 2. The number of hydrogen-bond acceptors (Lipinski definition) is 2. The average molecular weight is 337 g/mol. The van der Waals surface area contributed by atoms with E-state index < -0.39 is 0 Å². The van der Waals surface area contributed by atoms with Crippen molar-refractivity contribution < 1.29 is 9.53 Å². The summed E-state index contributed by atoms with van der Waals surface area (Å²) in [5, 5.41) is 0. The lowest BCUT2D eigenvalue weighted by Gasteiger charge is -2.35. The average Bonchev–Trinajstić information content (AvgIpc) is 2.53. The van der Waals surface area contributed by atoms with Gasteiger partial charge in [0, 0.05) is 5.57 Å². The van der Waals surface area contributed by atoms with E-state index in [1.165, 1.54) is 70.6 Å². The van der Waals surface area contributed by atoms with Gasteiger partial charge in [-0.2, -0.15) is 0 Å². The van der Waals surface area contributed by atoms with Crippen molar-refractivity contribution in [3.8, 4) is 0 Å². The van der Waals surface area contributed by atoms with Crippen molar-refractivity contribution in [3.63, 3.8) is 0 Å². The minimum absolute atomic E-state index is 0.186. The van der Waals surface area contributed by atoms with E-state index in [1.54, 1.807) is 6.92 Å². The molecule has 0 N–H and O–H groups in total. The molecule has 0 aliphatic heterocycles. The van der Waals surface area contributed by atoms with Crippen molar-refractivity contribution in [1.29, 1.82) is 0 Å². The maximum atomic E-state index is 12.2. The van der Waals surface area contributed by atoms with E-state index >= 15 is 0 Å². The van der Waals surface area contributed by atoms with Crippen LogP contribution in [0.4, 0.5) is 0 Å². The predicted molar refractivity (Wildman–Crippen MR) is 103 cm³/mol. The lowest BCUT2D eigenvalue weighted by molar-refractivity contribution is -0.158. The molecule has 1 saturated carbocycles. The highest BCUT2D eigenvalue weighted by atomic mass is 16.6. The van der Waals surface area contributed by atoms with Gasteiger partial charge in [-0.15, -0.1) is 0 Å². The molecular formula is C22H40O2. The van der Waals surface area contributed by atoms with Crippen LogP contribution in [-0.2, 0) is 9.53 Å². The molecule has 0 heterocycles. The van der Waals surface area contributed by atoms with Crippen molar-refractivity contribution in [2.24, 2.45) is 5.92 Å². The van der Waals surface area contributed by atoms with Crippen LogP contribution in [0.1, 0.15) is 111 Å². The summed E-state index contributed by atoms with van der Waals surface area (Å²) in [5.74, 6) is 0.600. The molecule has 2 nitrogen and oxygen atoms in total. The van der Waals surface area contributed by atoms with Crippen LogP contribution in [0, 0.1) is 5.92 Å². The van der Waals surface area contributed by atoms with Crippen LogP contribution in [0.5, 0.6) is 0 Å². The van der Waals surface area contributed by atoms with E-state index in [4.69, 9.17) is 4.74 Å². The fraction of sp³-hybridized carbons (Fsp3) is 0.864. The van der Waals surface area contributed by atoms with Gasteiger partial charge in [-0.3, -0.25) is 0 Å². The van der Waals surface area contributed by atoms with Gasteiger partial charge in [0.15, 0.2) is 0 Å². The highest BCUT2D eigenvalue weighted by Gasteiger charge is 2.33. The lowest BCUT2D eigenvalue weighted by atomic mass is 9.83. The fourth-order valence-electron chi connectivity index (χ4n) is 3.77. The quantitative estimate of drug-likeness (QED) is 0.271. The zero-order valence-electron chi connectivity index (χ0n) is 16.5. The largest absolute Gasteiger partial charge is 0.456 e. The molecule has 140 valence electrons. The van der Waals surface area contributed by atoms with E-state index in [-0.39, 0.29) is 11.6 Å². The molecule has 0 aromatic heterocycles. The number of carbonyl (C=O) groups excluding carboxylic acids is 1. The SMILES string of the molecule is C=C(C)C(=O)OC1(CCCCCC(C)C)CCCCCCCCC1. The Bertz CT molecular complexity index is 360. The molecule has 0 unspecified atom stereocenters. The van der Waals surface area contributed by atoms with Crippen LogP contribution < -0.4 is 0 Å². The second-order valence-electron chi connectivity index (χ2n) is 8.32. The van der Waals surface area contributed by atoms with Crippen molar-refractivity contribution in [2.75, 3.05) is 0 Å². The normalized spacial score (nSPS) is 19.0. The summed E-state index contributed by atoms with van der Waals surface area (Å²) in [6.45, 7) is 10.1. The third-order valence-corrected chi connectivity index (χ3v) is 5.34. The third kappa shape index (κ3) is 8.89. The van der Waals surface area contributed by atoms with Crippen LogP contribution >= 0.6 is 0 Å². The Kier molecular flexibility index (Phi) is 10.4. The van der Waals surface area contributed by atoms with E-state index in [0.717, 1.165) is 25.2 Å². The van der Waals surface area contributed by atoms with Gasteiger partial charge in [0.2, 0.25) is 0 Å². The Morgan fingerprint density at radius 3 is 2.00 bits per heavy atom. The summed E-state index contributed by atoms with van der Waals surface area (Å²) in [4.78, 5) is 12.2. The number of esters is 1. The summed E-state index contributed by atoms with van der Waals surface area (Å²) in [6, 6.07) is 0. The predicted octanol–water partition coefficient (Wildman–Crippen LogP) is 6.98. The van der Waals surface area contributed by atoms with Gasteiger partial charge in [0.1, 0.15) is 5.60 Å². The van der Waals surface area contributed by atoms with Crippen molar-refractivity contribution in [1.82, 2.24) is 0 Å². The van der Waals surface area contributed by atoms with E-state index in [0.29, 0.717) is 5.57 Å². The molecule has 2 heteroatoms. The molecule has 1 fully saturated rings. The molecule has 0 bridgehead atoms. The van der Waals surface area contributed by atoms with Crippen LogP contribution in [0.3, 0.4) is 0 Å². The summed E-state index contributed by atoms with van der Waals surface area (Å²) < 4.78 is 6.06. The molecule has 0 radical (unpaired) electrons. The Balaban J connectivity index is 2.64. The molecule has 0 aromatic rings. The molecule has 0 saturated heterocycles. The van der Waals surface area contributed by atoms with Gasteiger partial charge >= 0.3 is 5.97 Å². The summed E-state index contributed by atoms with van der Waals surface area (Å²) in [5.41, 5.74) is 0.303. The molecule has 1 aliphatic rings. The maximum Gasteiger partial charge on any atom is 0.333 e. The maximum absolute atomic E-state index is 12.2. The highest BCUT2D eigenvalue weighted by Crippen LogP contribution is 2.34. The number of carbonyl (C=O) groups is 1.